The van der Waals surface area contributed by atoms with Gasteiger partial charge in [0.25, 0.3) is 0 Å². The van der Waals surface area contributed by atoms with Crippen LogP contribution in [0.1, 0.15) is 40.2 Å². The van der Waals surface area contributed by atoms with Gasteiger partial charge < -0.3 is 5.32 Å². The zero-order valence-electron chi connectivity index (χ0n) is 11.7. The maximum Gasteiger partial charge on any atom is 0.170 e. The second-order valence-corrected chi connectivity index (χ2v) is 5.34. The second kappa shape index (κ2) is 5.49. The lowest BCUT2D eigenvalue weighted by Gasteiger charge is -2.24. The van der Waals surface area contributed by atoms with E-state index < -0.39 is 0 Å². The summed E-state index contributed by atoms with van der Waals surface area (Å²) in [6, 6.07) is 16.1. The summed E-state index contributed by atoms with van der Waals surface area (Å²) < 4.78 is 0. The lowest BCUT2D eigenvalue weighted by molar-refractivity contribution is 0.0951. The largest absolute Gasteiger partial charge is 0.388 e. The number of anilines is 1. The van der Waals surface area contributed by atoms with Crippen LogP contribution < -0.4 is 5.32 Å². The first-order valence-corrected chi connectivity index (χ1v) is 7.19. The summed E-state index contributed by atoms with van der Waals surface area (Å²) in [4.78, 5) is 12.7. The number of benzene rings is 2. The highest BCUT2D eigenvalue weighted by atomic mass is 16.1. The van der Waals surface area contributed by atoms with Crippen LogP contribution >= 0.6 is 0 Å². The molecule has 0 spiro atoms. The highest BCUT2D eigenvalue weighted by Crippen LogP contribution is 2.34. The normalized spacial score (nSPS) is 17.4. The third kappa shape index (κ3) is 2.34. The van der Waals surface area contributed by atoms with E-state index in [0.717, 1.165) is 30.5 Å². The Morgan fingerprint density at radius 3 is 2.60 bits per heavy atom. The van der Waals surface area contributed by atoms with E-state index in [-0.39, 0.29) is 11.7 Å². The number of hydrogen-bond acceptors (Lipinski definition) is 2. The van der Waals surface area contributed by atoms with Crippen molar-refractivity contribution in [2.45, 2.75) is 25.2 Å². The molecule has 2 aromatic carbocycles. The predicted octanol–water partition coefficient (Wildman–Crippen LogP) is 4.03. The molecular weight excluding hydrogens is 246 g/mol. The molecule has 2 heteroatoms. The molecule has 0 amide bonds. The minimum atomic E-state index is 0.0281. The Morgan fingerprint density at radius 2 is 1.85 bits per heavy atom. The van der Waals surface area contributed by atoms with Crippen LogP contribution in [-0.2, 0) is 6.42 Å². The quantitative estimate of drug-likeness (QED) is 0.849. The third-order valence-electron chi connectivity index (χ3n) is 4.14. The van der Waals surface area contributed by atoms with Crippen LogP contribution in [0.15, 0.2) is 48.5 Å². The van der Waals surface area contributed by atoms with Crippen molar-refractivity contribution in [3.05, 3.63) is 65.2 Å². The number of carbonyl (C=O) groups is 1. The summed E-state index contributed by atoms with van der Waals surface area (Å²) in [7, 11) is 1.88. The van der Waals surface area contributed by atoms with Crippen LogP contribution in [0.3, 0.4) is 0 Å². The summed E-state index contributed by atoms with van der Waals surface area (Å²) >= 11 is 0. The first kappa shape index (κ1) is 12.9. The smallest absolute Gasteiger partial charge is 0.170 e. The first-order valence-electron chi connectivity index (χ1n) is 7.19. The molecule has 0 heterocycles. The number of Topliss-reactive ketones (excluding diaryl/α,β-unsaturated/α-hetero) is 1. The summed E-state index contributed by atoms with van der Waals surface area (Å²) in [5.41, 5.74) is 4.40. The van der Waals surface area contributed by atoms with Crippen LogP contribution in [0.4, 0.5) is 5.69 Å². The van der Waals surface area contributed by atoms with Crippen molar-refractivity contribution >= 4 is 11.5 Å². The molecule has 1 unspecified atom stereocenters. The van der Waals surface area contributed by atoms with Crippen LogP contribution in [0, 0.1) is 0 Å². The Bertz CT molecular complexity index is 616. The van der Waals surface area contributed by atoms with Gasteiger partial charge >= 0.3 is 0 Å². The minimum absolute atomic E-state index is 0.0281. The van der Waals surface area contributed by atoms with Gasteiger partial charge in [-0.1, -0.05) is 24.3 Å². The molecule has 0 radical (unpaired) electrons. The van der Waals surface area contributed by atoms with E-state index in [9.17, 15) is 4.79 Å². The number of hydrogen-bond donors (Lipinski definition) is 1. The molecule has 1 atom stereocenters. The molecule has 0 saturated heterocycles. The summed E-state index contributed by atoms with van der Waals surface area (Å²) in [6.07, 6.45) is 3.16. The van der Waals surface area contributed by atoms with Crippen LogP contribution in [0.2, 0.25) is 0 Å². The molecule has 2 aromatic rings. The Morgan fingerprint density at radius 1 is 1.10 bits per heavy atom. The number of ketones is 1. The van der Waals surface area contributed by atoms with E-state index in [2.05, 4.69) is 23.5 Å². The number of rotatable bonds is 3. The van der Waals surface area contributed by atoms with Gasteiger partial charge in [0.1, 0.15) is 0 Å². The molecule has 1 aliphatic rings. The van der Waals surface area contributed by atoms with Gasteiger partial charge in [-0.05, 0) is 54.7 Å². The van der Waals surface area contributed by atoms with Gasteiger partial charge in [-0.3, -0.25) is 4.79 Å². The average Bonchev–Trinajstić information content (AvgIpc) is 2.54. The van der Waals surface area contributed by atoms with Gasteiger partial charge in [0.15, 0.2) is 5.78 Å². The van der Waals surface area contributed by atoms with Crippen molar-refractivity contribution in [3.63, 3.8) is 0 Å². The highest BCUT2D eigenvalue weighted by Gasteiger charge is 2.26. The number of carbonyl (C=O) groups excluding carboxylic acids is 1. The molecule has 2 nitrogen and oxygen atoms in total. The maximum atomic E-state index is 12.7. The predicted molar refractivity (Wildman–Crippen MR) is 82.4 cm³/mol. The van der Waals surface area contributed by atoms with Crippen LogP contribution in [0.25, 0.3) is 0 Å². The Labute approximate surface area is 119 Å². The monoisotopic (exact) mass is 265 g/mol. The van der Waals surface area contributed by atoms with E-state index in [1.807, 2.05) is 37.4 Å². The number of nitrogens with one attached hydrogen (secondary N) is 1. The molecular formula is C18H19NO. The fourth-order valence-corrected chi connectivity index (χ4v) is 3.03. The van der Waals surface area contributed by atoms with E-state index in [1.165, 1.54) is 11.1 Å². The van der Waals surface area contributed by atoms with Crippen LogP contribution in [0.5, 0.6) is 0 Å². The van der Waals surface area contributed by atoms with Gasteiger partial charge in [-0.15, -0.1) is 0 Å². The Kier molecular flexibility index (Phi) is 3.55. The summed E-state index contributed by atoms with van der Waals surface area (Å²) in [6.45, 7) is 0. The number of aryl methyl sites for hydroxylation is 1. The van der Waals surface area contributed by atoms with Crippen molar-refractivity contribution in [2.75, 3.05) is 12.4 Å². The fraction of sp³-hybridized carbons (Fsp3) is 0.278. The molecule has 0 aromatic heterocycles. The molecule has 1 N–H and O–H groups in total. The topological polar surface area (TPSA) is 29.1 Å². The lowest BCUT2D eigenvalue weighted by Crippen LogP contribution is -2.18. The molecule has 102 valence electrons. The molecule has 0 bridgehead atoms. The van der Waals surface area contributed by atoms with Crippen molar-refractivity contribution < 1.29 is 4.79 Å². The molecule has 20 heavy (non-hydrogen) atoms. The maximum absolute atomic E-state index is 12.7. The van der Waals surface area contributed by atoms with Crippen molar-refractivity contribution in [1.82, 2.24) is 0 Å². The summed E-state index contributed by atoms with van der Waals surface area (Å²) in [5, 5.41) is 3.08. The van der Waals surface area contributed by atoms with E-state index >= 15 is 0 Å². The third-order valence-corrected chi connectivity index (χ3v) is 4.14. The molecule has 0 fully saturated rings. The molecule has 3 rings (SSSR count). The number of fused-ring (bicyclic) bond motifs is 1. The van der Waals surface area contributed by atoms with Gasteiger partial charge in [-0.2, -0.15) is 0 Å². The van der Waals surface area contributed by atoms with Gasteiger partial charge in [0.05, 0.1) is 0 Å². The standard InChI is InChI=1S/C18H19NO/c1-19-15-11-9-14(10-12-15)18(20)17-8-4-6-13-5-2-3-7-16(13)17/h2-3,5,7,9-12,17,19H,4,6,8H2,1H3. The van der Waals surface area contributed by atoms with Gasteiger partial charge in [0, 0.05) is 24.2 Å². The van der Waals surface area contributed by atoms with Crippen molar-refractivity contribution in [2.24, 2.45) is 0 Å². The molecule has 0 aliphatic heterocycles. The lowest BCUT2D eigenvalue weighted by atomic mass is 9.79. The van der Waals surface area contributed by atoms with Crippen molar-refractivity contribution in [1.29, 1.82) is 0 Å². The SMILES string of the molecule is CNc1ccc(C(=O)C2CCCc3ccccc32)cc1. The average molecular weight is 265 g/mol. The van der Waals surface area contributed by atoms with E-state index in [1.54, 1.807) is 0 Å². The molecule has 0 saturated carbocycles. The summed E-state index contributed by atoms with van der Waals surface area (Å²) in [5.74, 6) is 0.278. The Balaban J connectivity index is 1.91. The van der Waals surface area contributed by atoms with Crippen LogP contribution in [-0.4, -0.2) is 12.8 Å². The van der Waals surface area contributed by atoms with E-state index in [0.29, 0.717) is 0 Å². The van der Waals surface area contributed by atoms with Gasteiger partial charge in [0.2, 0.25) is 0 Å². The van der Waals surface area contributed by atoms with Gasteiger partial charge in [-0.25, -0.2) is 0 Å². The Hall–Kier alpha value is -2.09. The molecule has 1 aliphatic carbocycles. The fourth-order valence-electron chi connectivity index (χ4n) is 3.03. The van der Waals surface area contributed by atoms with Crippen molar-refractivity contribution in [3.8, 4) is 0 Å². The highest BCUT2D eigenvalue weighted by molar-refractivity contribution is 6.01. The minimum Gasteiger partial charge on any atom is -0.388 e. The van der Waals surface area contributed by atoms with E-state index in [4.69, 9.17) is 0 Å². The second-order valence-electron chi connectivity index (χ2n) is 5.34. The first-order chi connectivity index (χ1) is 9.79. The zero-order valence-corrected chi connectivity index (χ0v) is 11.7. The zero-order chi connectivity index (χ0) is 13.9.